The summed E-state index contributed by atoms with van der Waals surface area (Å²) in [6, 6.07) is 6.82. The van der Waals surface area contributed by atoms with E-state index in [1.54, 1.807) is 19.2 Å². The Labute approximate surface area is 114 Å². The number of rotatable bonds is 6. The van der Waals surface area contributed by atoms with Gasteiger partial charge in [-0.15, -0.1) is 0 Å². The molecule has 19 heavy (non-hydrogen) atoms. The van der Waals surface area contributed by atoms with Crippen LogP contribution < -0.4 is 15.4 Å². The molecule has 106 valence electrons. The van der Waals surface area contributed by atoms with Gasteiger partial charge in [-0.3, -0.25) is 0 Å². The maximum atomic E-state index is 11.9. The number of methoxy groups -OCH3 is 1. The van der Waals surface area contributed by atoms with Crippen molar-refractivity contribution in [3.05, 3.63) is 24.3 Å². The molecule has 0 aliphatic carbocycles. The molecule has 0 spiro atoms. The van der Waals surface area contributed by atoms with Crippen LogP contribution in [0.1, 0.15) is 26.7 Å². The number of para-hydroxylation sites is 2. The van der Waals surface area contributed by atoms with Crippen LogP contribution in [-0.4, -0.2) is 30.4 Å². The summed E-state index contributed by atoms with van der Waals surface area (Å²) in [6.07, 6.45) is 1.59. The van der Waals surface area contributed by atoms with Crippen molar-refractivity contribution < 1.29 is 14.6 Å². The number of amides is 2. The minimum absolute atomic E-state index is 0.0970. The Morgan fingerprint density at radius 1 is 1.42 bits per heavy atom. The minimum Gasteiger partial charge on any atom is -0.495 e. The molecule has 1 rings (SSSR count). The monoisotopic (exact) mass is 266 g/mol. The van der Waals surface area contributed by atoms with Gasteiger partial charge in [0.2, 0.25) is 0 Å². The average molecular weight is 266 g/mol. The first-order valence-electron chi connectivity index (χ1n) is 6.37. The third-order valence-corrected chi connectivity index (χ3v) is 2.92. The molecule has 0 aromatic heterocycles. The smallest absolute Gasteiger partial charge is 0.319 e. The Hall–Kier alpha value is -1.75. The van der Waals surface area contributed by atoms with Crippen molar-refractivity contribution in [1.29, 1.82) is 0 Å². The van der Waals surface area contributed by atoms with Gasteiger partial charge in [0.1, 0.15) is 5.75 Å². The van der Waals surface area contributed by atoms with Crippen LogP contribution in [0.25, 0.3) is 0 Å². The first-order chi connectivity index (χ1) is 9.04. The molecule has 1 unspecified atom stereocenters. The van der Waals surface area contributed by atoms with Gasteiger partial charge in [0.25, 0.3) is 0 Å². The zero-order valence-electron chi connectivity index (χ0n) is 11.7. The fourth-order valence-electron chi connectivity index (χ4n) is 1.91. The second-order valence-electron chi connectivity index (χ2n) is 4.75. The molecule has 2 amide bonds. The van der Waals surface area contributed by atoms with Crippen molar-refractivity contribution in [2.24, 2.45) is 0 Å². The standard InChI is InChI=1S/C14H22N2O3/c1-4-9-14(2,10-17)16-13(18)15-11-7-5-6-8-12(11)19-3/h5-8,17H,4,9-10H2,1-3H3,(H2,15,16,18). The Morgan fingerprint density at radius 2 is 2.11 bits per heavy atom. The van der Waals surface area contributed by atoms with Crippen LogP contribution in [0, 0.1) is 0 Å². The van der Waals surface area contributed by atoms with Crippen molar-refractivity contribution >= 4 is 11.7 Å². The van der Waals surface area contributed by atoms with Gasteiger partial charge in [0.05, 0.1) is 24.9 Å². The highest BCUT2D eigenvalue weighted by Crippen LogP contribution is 2.23. The average Bonchev–Trinajstić information content (AvgIpc) is 2.39. The summed E-state index contributed by atoms with van der Waals surface area (Å²) in [7, 11) is 1.55. The Morgan fingerprint density at radius 3 is 2.68 bits per heavy atom. The molecule has 5 heteroatoms. The summed E-state index contributed by atoms with van der Waals surface area (Å²) in [5.74, 6) is 0.596. The Balaban J connectivity index is 2.69. The number of hydrogen-bond donors (Lipinski definition) is 3. The van der Waals surface area contributed by atoms with E-state index in [2.05, 4.69) is 10.6 Å². The molecule has 0 radical (unpaired) electrons. The van der Waals surface area contributed by atoms with E-state index in [0.29, 0.717) is 17.9 Å². The van der Waals surface area contributed by atoms with Gasteiger partial charge < -0.3 is 20.5 Å². The number of benzene rings is 1. The molecule has 0 fully saturated rings. The van der Waals surface area contributed by atoms with E-state index in [-0.39, 0.29) is 12.6 Å². The highest BCUT2D eigenvalue weighted by Gasteiger charge is 2.24. The van der Waals surface area contributed by atoms with Gasteiger partial charge >= 0.3 is 6.03 Å². The molecule has 1 atom stereocenters. The lowest BCUT2D eigenvalue weighted by molar-refractivity contribution is 0.167. The van der Waals surface area contributed by atoms with E-state index < -0.39 is 5.54 Å². The number of aliphatic hydroxyl groups excluding tert-OH is 1. The molecule has 0 saturated carbocycles. The normalized spacial score (nSPS) is 13.5. The van der Waals surface area contributed by atoms with Gasteiger partial charge in [-0.1, -0.05) is 25.5 Å². The Bertz CT molecular complexity index is 423. The van der Waals surface area contributed by atoms with Crippen LogP contribution in [0.15, 0.2) is 24.3 Å². The molecule has 0 bridgehead atoms. The zero-order valence-corrected chi connectivity index (χ0v) is 11.7. The minimum atomic E-state index is -0.610. The number of urea groups is 1. The van der Waals surface area contributed by atoms with Crippen LogP contribution >= 0.6 is 0 Å². The maximum absolute atomic E-state index is 11.9. The quantitative estimate of drug-likeness (QED) is 0.740. The van der Waals surface area contributed by atoms with Crippen molar-refractivity contribution in [3.63, 3.8) is 0 Å². The predicted octanol–water partition coefficient (Wildman–Crippen LogP) is 2.37. The van der Waals surface area contributed by atoms with Crippen molar-refractivity contribution in [1.82, 2.24) is 5.32 Å². The molecule has 0 saturated heterocycles. The lowest BCUT2D eigenvalue weighted by atomic mass is 9.98. The zero-order chi connectivity index (χ0) is 14.3. The number of anilines is 1. The Kier molecular flexibility index (Phi) is 5.63. The van der Waals surface area contributed by atoms with E-state index in [9.17, 15) is 9.90 Å². The molecule has 1 aromatic carbocycles. The number of carbonyl (C=O) groups excluding carboxylic acids is 1. The van der Waals surface area contributed by atoms with E-state index in [1.165, 1.54) is 0 Å². The van der Waals surface area contributed by atoms with Gasteiger partial charge in [-0.25, -0.2) is 4.79 Å². The lowest BCUT2D eigenvalue weighted by Crippen LogP contribution is -2.50. The summed E-state index contributed by atoms with van der Waals surface area (Å²) in [5.41, 5.74) is -0.0137. The van der Waals surface area contributed by atoms with Crippen molar-refractivity contribution in [3.8, 4) is 5.75 Å². The van der Waals surface area contributed by atoms with Gasteiger partial charge in [0.15, 0.2) is 0 Å². The molecular weight excluding hydrogens is 244 g/mol. The third kappa shape index (κ3) is 4.44. The number of nitrogens with one attached hydrogen (secondary N) is 2. The molecule has 5 nitrogen and oxygen atoms in total. The molecule has 3 N–H and O–H groups in total. The van der Waals surface area contributed by atoms with Crippen molar-refractivity contribution in [2.45, 2.75) is 32.2 Å². The highest BCUT2D eigenvalue weighted by atomic mass is 16.5. The topological polar surface area (TPSA) is 70.6 Å². The first kappa shape index (κ1) is 15.3. The van der Waals surface area contributed by atoms with Crippen LogP contribution in [-0.2, 0) is 0 Å². The van der Waals surface area contributed by atoms with E-state index in [0.717, 1.165) is 6.42 Å². The molecule has 0 aliphatic heterocycles. The van der Waals surface area contributed by atoms with Crippen LogP contribution in [0.5, 0.6) is 5.75 Å². The summed E-state index contributed by atoms with van der Waals surface area (Å²) in [4.78, 5) is 11.9. The van der Waals surface area contributed by atoms with E-state index >= 15 is 0 Å². The number of hydrogen-bond acceptors (Lipinski definition) is 3. The van der Waals surface area contributed by atoms with Crippen LogP contribution in [0.2, 0.25) is 0 Å². The molecular formula is C14H22N2O3. The number of ether oxygens (including phenoxy) is 1. The predicted molar refractivity (Wildman–Crippen MR) is 75.5 cm³/mol. The fourth-order valence-corrected chi connectivity index (χ4v) is 1.91. The largest absolute Gasteiger partial charge is 0.495 e. The summed E-state index contributed by atoms with van der Waals surface area (Å²) < 4.78 is 5.16. The molecule has 1 aromatic rings. The van der Waals surface area contributed by atoms with Crippen LogP contribution in [0.3, 0.4) is 0 Å². The second kappa shape index (κ2) is 6.99. The second-order valence-corrected chi connectivity index (χ2v) is 4.75. The lowest BCUT2D eigenvalue weighted by Gasteiger charge is -2.28. The first-order valence-corrected chi connectivity index (χ1v) is 6.37. The van der Waals surface area contributed by atoms with E-state index in [4.69, 9.17) is 4.74 Å². The molecule has 0 aliphatic rings. The summed E-state index contributed by atoms with van der Waals surface area (Å²) >= 11 is 0. The maximum Gasteiger partial charge on any atom is 0.319 e. The van der Waals surface area contributed by atoms with Gasteiger partial charge in [-0.2, -0.15) is 0 Å². The van der Waals surface area contributed by atoms with E-state index in [1.807, 2.05) is 26.0 Å². The summed E-state index contributed by atoms with van der Waals surface area (Å²) in [5, 5.41) is 14.9. The summed E-state index contributed by atoms with van der Waals surface area (Å²) in [6.45, 7) is 3.73. The third-order valence-electron chi connectivity index (χ3n) is 2.92. The van der Waals surface area contributed by atoms with Crippen molar-refractivity contribution in [2.75, 3.05) is 19.0 Å². The number of carbonyl (C=O) groups is 1. The fraction of sp³-hybridized carbons (Fsp3) is 0.500. The number of aliphatic hydroxyl groups is 1. The molecule has 0 heterocycles. The van der Waals surface area contributed by atoms with Gasteiger partial charge in [-0.05, 0) is 25.5 Å². The SMILES string of the molecule is CCCC(C)(CO)NC(=O)Nc1ccccc1OC. The van der Waals surface area contributed by atoms with Gasteiger partial charge in [0, 0.05) is 0 Å². The van der Waals surface area contributed by atoms with Crippen LogP contribution in [0.4, 0.5) is 10.5 Å². The highest BCUT2D eigenvalue weighted by molar-refractivity contribution is 5.91.